The standard InChI is InChI=1S/C17H26N2O2/c1-5-19(15-6-7-18-10-15)17(20)11-21-16-9-12(2)8-13(3)14(16)4/h8-9,15,18H,5-7,10-11H2,1-4H3. The molecule has 21 heavy (non-hydrogen) atoms. The van der Waals surface area contributed by atoms with Crippen LogP contribution in [0.5, 0.6) is 5.75 Å². The topological polar surface area (TPSA) is 41.6 Å². The second-order valence-corrected chi connectivity index (χ2v) is 5.82. The van der Waals surface area contributed by atoms with Gasteiger partial charge in [0.15, 0.2) is 6.61 Å². The van der Waals surface area contributed by atoms with Gasteiger partial charge in [-0.3, -0.25) is 4.79 Å². The highest BCUT2D eigenvalue weighted by atomic mass is 16.5. The van der Waals surface area contributed by atoms with E-state index >= 15 is 0 Å². The quantitative estimate of drug-likeness (QED) is 0.904. The molecular weight excluding hydrogens is 264 g/mol. The fraction of sp³-hybridized carbons (Fsp3) is 0.588. The molecule has 1 saturated heterocycles. The van der Waals surface area contributed by atoms with Gasteiger partial charge in [0.2, 0.25) is 0 Å². The van der Waals surface area contributed by atoms with E-state index in [1.165, 1.54) is 5.56 Å². The molecule has 0 aromatic heterocycles. The molecule has 116 valence electrons. The summed E-state index contributed by atoms with van der Waals surface area (Å²) >= 11 is 0. The molecule has 4 heteroatoms. The van der Waals surface area contributed by atoms with Crippen molar-refractivity contribution in [2.24, 2.45) is 0 Å². The van der Waals surface area contributed by atoms with Crippen LogP contribution in [0.3, 0.4) is 0 Å². The van der Waals surface area contributed by atoms with Gasteiger partial charge in [-0.1, -0.05) is 6.07 Å². The molecule has 0 bridgehead atoms. The minimum atomic E-state index is 0.0739. The van der Waals surface area contributed by atoms with Crippen molar-refractivity contribution in [3.8, 4) is 5.75 Å². The number of nitrogens with zero attached hydrogens (tertiary/aromatic N) is 1. The molecule has 0 saturated carbocycles. The Morgan fingerprint density at radius 3 is 2.76 bits per heavy atom. The zero-order valence-corrected chi connectivity index (χ0v) is 13.5. The summed E-state index contributed by atoms with van der Waals surface area (Å²) in [5, 5.41) is 3.31. The normalized spacial score (nSPS) is 17.8. The Morgan fingerprint density at radius 2 is 2.14 bits per heavy atom. The lowest BCUT2D eigenvalue weighted by molar-refractivity contribution is -0.135. The molecule has 0 radical (unpaired) electrons. The number of carbonyl (C=O) groups excluding carboxylic acids is 1. The third-order valence-corrected chi connectivity index (χ3v) is 4.25. The fourth-order valence-corrected chi connectivity index (χ4v) is 2.92. The van der Waals surface area contributed by atoms with E-state index in [-0.39, 0.29) is 12.5 Å². The van der Waals surface area contributed by atoms with Gasteiger partial charge in [0.1, 0.15) is 5.75 Å². The van der Waals surface area contributed by atoms with Crippen LogP contribution in [0.2, 0.25) is 0 Å². The molecule has 1 N–H and O–H groups in total. The summed E-state index contributed by atoms with van der Waals surface area (Å²) in [5.41, 5.74) is 3.47. The Balaban J connectivity index is 2.00. The van der Waals surface area contributed by atoms with Crippen LogP contribution >= 0.6 is 0 Å². The first-order valence-corrected chi connectivity index (χ1v) is 7.73. The van der Waals surface area contributed by atoms with E-state index in [9.17, 15) is 4.79 Å². The van der Waals surface area contributed by atoms with Gasteiger partial charge >= 0.3 is 0 Å². The SMILES string of the molecule is CCN(C(=O)COc1cc(C)cc(C)c1C)C1CCNC1. The summed E-state index contributed by atoms with van der Waals surface area (Å²) < 4.78 is 5.79. The first-order valence-electron chi connectivity index (χ1n) is 7.73. The smallest absolute Gasteiger partial charge is 0.260 e. The number of hydrogen-bond donors (Lipinski definition) is 1. The Kier molecular flexibility index (Phi) is 5.23. The predicted octanol–water partition coefficient (Wildman–Crippen LogP) is 2.20. The van der Waals surface area contributed by atoms with Crippen LogP contribution in [0, 0.1) is 20.8 Å². The molecule has 4 nitrogen and oxygen atoms in total. The largest absolute Gasteiger partial charge is 0.483 e. The number of carbonyl (C=O) groups is 1. The average molecular weight is 290 g/mol. The lowest BCUT2D eigenvalue weighted by Crippen LogP contribution is -2.43. The number of aryl methyl sites for hydroxylation is 2. The summed E-state index contributed by atoms with van der Waals surface area (Å²) in [6.07, 6.45) is 1.03. The van der Waals surface area contributed by atoms with E-state index < -0.39 is 0 Å². The van der Waals surface area contributed by atoms with Crippen LogP contribution in [-0.4, -0.2) is 43.1 Å². The van der Waals surface area contributed by atoms with Gasteiger partial charge in [-0.15, -0.1) is 0 Å². The molecule has 1 atom stereocenters. The maximum Gasteiger partial charge on any atom is 0.260 e. The zero-order chi connectivity index (χ0) is 15.4. The lowest BCUT2D eigenvalue weighted by Gasteiger charge is -2.27. The first kappa shape index (κ1) is 15.8. The Morgan fingerprint density at radius 1 is 1.38 bits per heavy atom. The number of hydrogen-bond acceptors (Lipinski definition) is 3. The summed E-state index contributed by atoms with van der Waals surface area (Å²) in [4.78, 5) is 14.3. The second-order valence-electron chi connectivity index (χ2n) is 5.82. The molecule has 1 aliphatic rings. The lowest BCUT2D eigenvalue weighted by atomic mass is 10.1. The van der Waals surface area contributed by atoms with E-state index in [2.05, 4.69) is 18.3 Å². The van der Waals surface area contributed by atoms with Gasteiger partial charge in [-0.2, -0.15) is 0 Å². The van der Waals surface area contributed by atoms with E-state index in [1.807, 2.05) is 31.7 Å². The molecule has 1 heterocycles. The van der Waals surface area contributed by atoms with Crippen molar-refractivity contribution in [3.05, 3.63) is 28.8 Å². The van der Waals surface area contributed by atoms with Gasteiger partial charge in [0.05, 0.1) is 0 Å². The molecule has 1 fully saturated rings. The third-order valence-electron chi connectivity index (χ3n) is 4.25. The maximum absolute atomic E-state index is 12.4. The molecule has 1 aromatic rings. The first-order chi connectivity index (χ1) is 10.0. The van der Waals surface area contributed by atoms with Gasteiger partial charge < -0.3 is 15.0 Å². The van der Waals surface area contributed by atoms with Crippen LogP contribution in [0.15, 0.2) is 12.1 Å². The molecule has 1 amide bonds. The van der Waals surface area contributed by atoms with Gasteiger partial charge in [0, 0.05) is 19.1 Å². The van der Waals surface area contributed by atoms with Crippen molar-refractivity contribution in [1.82, 2.24) is 10.2 Å². The number of benzene rings is 1. The minimum absolute atomic E-state index is 0.0739. The molecule has 1 unspecified atom stereocenters. The second kappa shape index (κ2) is 6.94. The average Bonchev–Trinajstić information content (AvgIpc) is 2.96. The molecule has 1 aliphatic heterocycles. The van der Waals surface area contributed by atoms with Crippen molar-refractivity contribution in [3.63, 3.8) is 0 Å². The minimum Gasteiger partial charge on any atom is -0.483 e. The number of amides is 1. The van der Waals surface area contributed by atoms with Crippen molar-refractivity contribution in [2.75, 3.05) is 26.2 Å². The fourth-order valence-electron chi connectivity index (χ4n) is 2.92. The van der Waals surface area contributed by atoms with E-state index in [4.69, 9.17) is 4.74 Å². The molecule has 2 rings (SSSR count). The number of likely N-dealkylation sites (N-methyl/N-ethyl adjacent to an activating group) is 1. The third kappa shape index (κ3) is 3.76. The summed E-state index contributed by atoms with van der Waals surface area (Å²) in [7, 11) is 0. The molecule has 0 aliphatic carbocycles. The van der Waals surface area contributed by atoms with Crippen LogP contribution in [0.1, 0.15) is 30.0 Å². The van der Waals surface area contributed by atoms with Crippen molar-refractivity contribution in [2.45, 2.75) is 40.2 Å². The van der Waals surface area contributed by atoms with Crippen LogP contribution in [0.25, 0.3) is 0 Å². The van der Waals surface area contributed by atoms with Crippen molar-refractivity contribution < 1.29 is 9.53 Å². The monoisotopic (exact) mass is 290 g/mol. The zero-order valence-electron chi connectivity index (χ0n) is 13.5. The Bertz CT molecular complexity index is 508. The van der Waals surface area contributed by atoms with Gasteiger partial charge in [0.25, 0.3) is 5.91 Å². The highest BCUT2D eigenvalue weighted by molar-refractivity contribution is 5.78. The van der Waals surface area contributed by atoms with E-state index in [0.29, 0.717) is 6.04 Å². The molecule has 0 spiro atoms. The highest BCUT2D eigenvalue weighted by Gasteiger charge is 2.25. The van der Waals surface area contributed by atoms with Crippen LogP contribution in [-0.2, 0) is 4.79 Å². The number of rotatable bonds is 5. The summed E-state index contributed by atoms with van der Waals surface area (Å²) in [5.74, 6) is 0.895. The van der Waals surface area contributed by atoms with Gasteiger partial charge in [-0.05, 0) is 63.4 Å². The van der Waals surface area contributed by atoms with Crippen molar-refractivity contribution >= 4 is 5.91 Å². The molecule has 1 aromatic carbocycles. The van der Waals surface area contributed by atoms with Crippen LogP contribution in [0.4, 0.5) is 0 Å². The van der Waals surface area contributed by atoms with Crippen LogP contribution < -0.4 is 10.1 Å². The van der Waals surface area contributed by atoms with Crippen molar-refractivity contribution in [1.29, 1.82) is 0 Å². The maximum atomic E-state index is 12.4. The van der Waals surface area contributed by atoms with E-state index in [0.717, 1.165) is 42.9 Å². The molecular formula is C17H26N2O2. The predicted molar refractivity (Wildman–Crippen MR) is 84.8 cm³/mol. The van der Waals surface area contributed by atoms with E-state index in [1.54, 1.807) is 0 Å². The Hall–Kier alpha value is -1.55. The summed E-state index contributed by atoms with van der Waals surface area (Å²) in [6, 6.07) is 4.45. The number of nitrogens with one attached hydrogen (secondary N) is 1. The summed E-state index contributed by atoms with van der Waals surface area (Å²) in [6.45, 7) is 10.9. The van der Waals surface area contributed by atoms with Gasteiger partial charge in [-0.25, -0.2) is 0 Å². The number of ether oxygens (including phenoxy) is 1. The Labute approximate surface area is 127 Å². The highest BCUT2D eigenvalue weighted by Crippen LogP contribution is 2.23.